The first-order chi connectivity index (χ1) is 3.71. The molecule has 0 aliphatic heterocycles. The molecule has 0 bridgehead atoms. The summed E-state index contributed by atoms with van der Waals surface area (Å²) in [7, 11) is 10.1. The molecule has 0 saturated heterocycles. The van der Waals surface area contributed by atoms with Gasteiger partial charge in [0.2, 0.25) is 0 Å². The van der Waals surface area contributed by atoms with Crippen LogP contribution in [0.25, 0.3) is 0 Å². The van der Waals surface area contributed by atoms with E-state index < -0.39 is 9.73 Å². The van der Waals surface area contributed by atoms with Gasteiger partial charge < -0.3 is 9.73 Å². The molecule has 0 rings (SSSR count). The second kappa shape index (κ2) is 2.61. The van der Waals surface area contributed by atoms with Crippen molar-refractivity contribution in [2.75, 3.05) is 12.0 Å². The standard InChI is InChI=1S/C6H14B2S/c1-6(2,3)5-9(4,7)8/h5H2,1-4H3. The number of hydrogen-bond donors (Lipinski definition) is 0. The third-order valence-corrected chi connectivity index (χ3v) is 2.23. The summed E-state index contributed by atoms with van der Waals surface area (Å²) >= 11 is 0. The Morgan fingerprint density at radius 3 is 1.56 bits per heavy atom. The van der Waals surface area contributed by atoms with Crippen LogP contribution in [0.1, 0.15) is 20.8 Å². The molecule has 3 heteroatoms. The molecule has 0 aromatic rings. The molecule has 50 valence electrons. The lowest BCUT2D eigenvalue weighted by Crippen LogP contribution is -2.17. The molecular weight excluding hydrogens is 126 g/mol. The molecule has 0 aliphatic rings. The van der Waals surface area contributed by atoms with Crippen LogP contribution >= 0.6 is 9.73 Å². The van der Waals surface area contributed by atoms with Gasteiger partial charge in [-0.3, -0.25) is 0 Å². The molecular formula is C6H14B2S. The van der Waals surface area contributed by atoms with E-state index in [2.05, 4.69) is 20.8 Å². The predicted molar refractivity (Wildman–Crippen MR) is 49.3 cm³/mol. The Bertz CT molecular complexity index is 76.2. The smallest absolute Gasteiger partial charge is 0.123 e. The average molecular weight is 140 g/mol. The van der Waals surface area contributed by atoms with Crippen LogP contribution in [0.3, 0.4) is 0 Å². The predicted octanol–water partition coefficient (Wildman–Crippen LogP) is 1.63. The molecule has 9 heavy (non-hydrogen) atoms. The van der Waals surface area contributed by atoms with Gasteiger partial charge in [-0.05, 0) is 11.2 Å². The molecule has 0 aliphatic carbocycles. The van der Waals surface area contributed by atoms with Crippen molar-refractivity contribution in [3.63, 3.8) is 0 Å². The second-order valence-electron chi connectivity index (χ2n) is 3.93. The SMILES string of the molecule is [B]S([B])(C)CC(C)(C)C. The zero-order valence-corrected chi connectivity index (χ0v) is 7.59. The summed E-state index contributed by atoms with van der Waals surface area (Å²) in [5.74, 6) is 0.931. The number of hydrogen-bond acceptors (Lipinski definition) is 0. The van der Waals surface area contributed by atoms with Crippen molar-refractivity contribution in [2.24, 2.45) is 5.41 Å². The van der Waals surface area contributed by atoms with Gasteiger partial charge in [0.25, 0.3) is 0 Å². The van der Waals surface area contributed by atoms with Crippen LogP contribution in [-0.4, -0.2) is 26.3 Å². The highest BCUT2D eigenvalue weighted by molar-refractivity contribution is 8.63. The molecule has 0 spiro atoms. The highest BCUT2D eigenvalue weighted by atomic mass is 32.3. The zero-order chi connectivity index (χ0) is 7.71. The molecule has 0 saturated carbocycles. The van der Waals surface area contributed by atoms with Crippen molar-refractivity contribution in [1.29, 1.82) is 0 Å². The second-order valence-corrected chi connectivity index (χ2v) is 6.68. The zero-order valence-electron chi connectivity index (χ0n) is 6.77. The van der Waals surface area contributed by atoms with Crippen LogP contribution in [0.4, 0.5) is 0 Å². The Balaban J connectivity index is 3.75. The molecule has 4 radical (unpaired) electrons. The van der Waals surface area contributed by atoms with Gasteiger partial charge in [-0.25, -0.2) is 0 Å². The van der Waals surface area contributed by atoms with Crippen molar-refractivity contribution in [1.82, 2.24) is 0 Å². The molecule has 0 atom stereocenters. The van der Waals surface area contributed by atoms with Crippen LogP contribution in [0.5, 0.6) is 0 Å². The third kappa shape index (κ3) is 8.48. The largest absolute Gasteiger partial charge is 0.325 e. The fourth-order valence-corrected chi connectivity index (χ4v) is 2.80. The quantitative estimate of drug-likeness (QED) is 0.485. The van der Waals surface area contributed by atoms with Crippen molar-refractivity contribution in [3.8, 4) is 0 Å². The Morgan fingerprint density at radius 2 is 1.56 bits per heavy atom. The number of rotatable bonds is 1. The van der Waals surface area contributed by atoms with Gasteiger partial charge in [-0.15, -0.1) is 0 Å². The average Bonchev–Trinajstić information content (AvgIpc) is 1.14. The van der Waals surface area contributed by atoms with Gasteiger partial charge in [0.1, 0.15) is 14.2 Å². The Kier molecular flexibility index (Phi) is 2.75. The molecule has 0 fully saturated rings. The summed E-state index contributed by atoms with van der Waals surface area (Å²) < 4.78 is 0. The first-order valence-corrected chi connectivity index (χ1v) is 5.36. The van der Waals surface area contributed by atoms with Crippen LogP contribution in [0, 0.1) is 5.41 Å². The summed E-state index contributed by atoms with van der Waals surface area (Å²) in [4.78, 5) is 0. The highest BCUT2D eigenvalue weighted by Crippen LogP contribution is 2.38. The van der Waals surface area contributed by atoms with E-state index in [0.29, 0.717) is 0 Å². The van der Waals surface area contributed by atoms with Crippen LogP contribution in [-0.2, 0) is 0 Å². The Labute approximate surface area is 62.7 Å². The lowest BCUT2D eigenvalue weighted by Gasteiger charge is -2.34. The van der Waals surface area contributed by atoms with Gasteiger partial charge in [-0.1, -0.05) is 27.0 Å². The lowest BCUT2D eigenvalue weighted by atomic mass is 10.0. The Morgan fingerprint density at radius 1 is 1.22 bits per heavy atom. The minimum Gasteiger partial charge on any atom is -0.325 e. The topological polar surface area (TPSA) is 0 Å². The van der Waals surface area contributed by atoms with E-state index in [-0.39, 0.29) is 5.41 Å². The summed E-state index contributed by atoms with van der Waals surface area (Å²) in [6, 6.07) is 0. The minimum atomic E-state index is -1.28. The maximum Gasteiger partial charge on any atom is 0.123 e. The Hall–Kier alpha value is 0.480. The first kappa shape index (κ1) is 9.48. The third-order valence-electron chi connectivity index (χ3n) is 0.744. The van der Waals surface area contributed by atoms with E-state index in [4.69, 9.17) is 14.2 Å². The van der Waals surface area contributed by atoms with E-state index in [1.165, 1.54) is 0 Å². The van der Waals surface area contributed by atoms with Gasteiger partial charge in [0, 0.05) is 0 Å². The maximum absolute atomic E-state index is 5.68. The minimum absolute atomic E-state index is 0.271. The molecule has 0 aromatic carbocycles. The van der Waals surface area contributed by atoms with Crippen molar-refractivity contribution in [2.45, 2.75) is 20.8 Å². The summed E-state index contributed by atoms with van der Waals surface area (Å²) in [6.45, 7) is 6.45. The molecule has 0 heterocycles. The van der Waals surface area contributed by atoms with E-state index >= 15 is 0 Å². The highest BCUT2D eigenvalue weighted by Gasteiger charge is 2.15. The summed E-state index contributed by atoms with van der Waals surface area (Å²) in [5.41, 5.74) is 0.271. The maximum atomic E-state index is 5.68. The van der Waals surface area contributed by atoms with E-state index in [1.807, 2.05) is 6.26 Å². The van der Waals surface area contributed by atoms with Gasteiger partial charge in [0.05, 0.1) is 0 Å². The van der Waals surface area contributed by atoms with E-state index in [1.54, 1.807) is 0 Å². The first-order valence-electron chi connectivity index (χ1n) is 3.02. The summed E-state index contributed by atoms with van der Waals surface area (Å²) in [6.07, 6.45) is 1.93. The van der Waals surface area contributed by atoms with Gasteiger partial charge in [-0.2, -0.15) is 0 Å². The van der Waals surface area contributed by atoms with Crippen LogP contribution in [0.2, 0.25) is 0 Å². The molecule has 0 unspecified atom stereocenters. The normalized spacial score (nSPS) is 15.6. The molecule has 0 aromatic heterocycles. The monoisotopic (exact) mass is 140 g/mol. The van der Waals surface area contributed by atoms with Gasteiger partial charge in [0.15, 0.2) is 0 Å². The van der Waals surface area contributed by atoms with Crippen molar-refractivity contribution >= 4 is 24.0 Å². The van der Waals surface area contributed by atoms with Crippen molar-refractivity contribution < 1.29 is 0 Å². The fraction of sp³-hybridized carbons (Fsp3) is 1.00. The lowest BCUT2D eigenvalue weighted by molar-refractivity contribution is 0.480. The van der Waals surface area contributed by atoms with E-state index in [0.717, 1.165) is 5.75 Å². The van der Waals surface area contributed by atoms with Gasteiger partial charge >= 0.3 is 0 Å². The van der Waals surface area contributed by atoms with E-state index in [9.17, 15) is 0 Å². The molecule has 0 N–H and O–H groups in total. The molecule has 0 nitrogen and oxygen atoms in total. The molecule has 0 amide bonds. The van der Waals surface area contributed by atoms with Crippen molar-refractivity contribution in [3.05, 3.63) is 0 Å². The van der Waals surface area contributed by atoms with Crippen LogP contribution < -0.4 is 0 Å². The fourth-order valence-electron chi connectivity index (χ4n) is 0.933. The summed E-state index contributed by atoms with van der Waals surface area (Å²) in [5, 5.41) is 0. The van der Waals surface area contributed by atoms with Crippen LogP contribution in [0.15, 0.2) is 0 Å².